The van der Waals surface area contributed by atoms with Gasteiger partial charge in [0.2, 0.25) is 5.65 Å². The summed E-state index contributed by atoms with van der Waals surface area (Å²) in [7, 11) is 0. The lowest BCUT2D eigenvalue weighted by Gasteiger charge is -1.84. The van der Waals surface area contributed by atoms with E-state index < -0.39 is 0 Å². The molecule has 0 aliphatic carbocycles. The fraction of sp³-hybridized carbons (Fsp3) is 0. The van der Waals surface area contributed by atoms with Crippen LogP contribution >= 0.6 is 0 Å². The normalized spacial score (nSPS) is 9.73. The highest BCUT2D eigenvalue weighted by molar-refractivity contribution is 5.69. The minimum Gasteiger partial charge on any atom is -0.232 e. The molecule has 5 nitrogen and oxygen atoms in total. The largest absolute Gasteiger partial charge is 0.232 e. The summed E-state index contributed by atoms with van der Waals surface area (Å²) in [6, 6.07) is 3.60. The van der Waals surface area contributed by atoms with Gasteiger partial charge in [0.25, 0.3) is 0 Å². The highest BCUT2D eigenvalue weighted by Gasteiger charge is 1.98. The van der Waals surface area contributed by atoms with Crippen molar-refractivity contribution >= 4 is 11.2 Å². The maximum Gasteiger partial charge on any atom is 0.201 e. The summed E-state index contributed by atoms with van der Waals surface area (Å²) < 4.78 is 0. The fourth-order valence-corrected chi connectivity index (χ4v) is 0.802. The molecule has 0 saturated carbocycles. The van der Waals surface area contributed by atoms with E-state index >= 15 is 0 Å². The Morgan fingerprint density at radius 3 is 3.18 bits per heavy atom. The van der Waals surface area contributed by atoms with Crippen molar-refractivity contribution in [3.63, 3.8) is 0 Å². The van der Waals surface area contributed by atoms with E-state index in [1.165, 1.54) is 6.20 Å². The Balaban J connectivity index is 2.79. The third-order valence-electron chi connectivity index (χ3n) is 1.30. The van der Waals surface area contributed by atoms with Crippen LogP contribution in [0.25, 0.3) is 11.2 Å². The molecule has 0 saturated heterocycles. The number of aromatic amines is 1. The molecule has 0 bridgehead atoms. The standard InChI is InChI=1S/C6H3N5/c7-2-4-1-5-6(8-3-4)10-11-9-5/h1,3H,(H,8,9,10,11). The minimum absolute atomic E-state index is 0.492. The monoisotopic (exact) mass is 145 g/mol. The van der Waals surface area contributed by atoms with Crippen molar-refractivity contribution in [2.75, 3.05) is 0 Å². The van der Waals surface area contributed by atoms with Crippen LogP contribution in [0.1, 0.15) is 5.56 Å². The molecule has 2 aromatic rings. The molecule has 2 rings (SSSR count). The van der Waals surface area contributed by atoms with Crippen LogP contribution in [-0.2, 0) is 0 Å². The van der Waals surface area contributed by atoms with E-state index in [4.69, 9.17) is 5.26 Å². The topological polar surface area (TPSA) is 78.2 Å². The zero-order valence-corrected chi connectivity index (χ0v) is 5.44. The first-order chi connectivity index (χ1) is 5.40. The van der Waals surface area contributed by atoms with E-state index in [2.05, 4.69) is 20.4 Å². The third kappa shape index (κ3) is 0.809. The summed E-state index contributed by atoms with van der Waals surface area (Å²) in [5.74, 6) is 0. The Bertz CT molecular complexity index is 424. The summed E-state index contributed by atoms with van der Waals surface area (Å²) in [6.45, 7) is 0. The second-order valence-electron chi connectivity index (χ2n) is 2.00. The molecule has 0 radical (unpaired) electrons. The molecule has 0 aromatic carbocycles. The lowest BCUT2D eigenvalue weighted by molar-refractivity contribution is 0.954. The quantitative estimate of drug-likeness (QED) is 0.575. The summed E-state index contributed by atoms with van der Waals surface area (Å²) >= 11 is 0. The Labute approximate surface area is 61.7 Å². The maximum absolute atomic E-state index is 8.49. The van der Waals surface area contributed by atoms with Gasteiger partial charge in [-0.25, -0.2) is 4.98 Å². The van der Waals surface area contributed by atoms with Gasteiger partial charge in [-0.2, -0.15) is 15.6 Å². The molecule has 0 aliphatic rings. The van der Waals surface area contributed by atoms with Crippen molar-refractivity contribution in [2.24, 2.45) is 0 Å². The molecule has 0 spiro atoms. The lowest BCUT2D eigenvalue weighted by Crippen LogP contribution is -1.79. The first-order valence-electron chi connectivity index (χ1n) is 2.97. The number of fused-ring (bicyclic) bond motifs is 1. The van der Waals surface area contributed by atoms with Gasteiger partial charge in [0.15, 0.2) is 0 Å². The van der Waals surface area contributed by atoms with Crippen LogP contribution in [0.4, 0.5) is 0 Å². The number of hydrogen-bond donors (Lipinski definition) is 1. The molecule has 1 N–H and O–H groups in total. The molecular formula is C6H3N5. The summed E-state index contributed by atoms with van der Waals surface area (Å²) in [5.41, 5.74) is 1.64. The fourth-order valence-electron chi connectivity index (χ4n) is 0.802. The van der Waals surface area contributed by atoms with Gasteiger partial charge >= 0.3 is 0 Å². The van der Waals surface area contributed by atoms with Gasteiger partial charge in [-0.05, 0) is 6.07 Å². The number of rotatable bonds is 0. The average Bonchev–Trinajstić information content (AvgIpc) is 2.50. The van der Waals surface area contributed by atoms with Crippen LogP contribution in [0.2, 0.25) is 0 Å². The van der Waals surface area contributed by atoms with E-state index in [1.54, 1.807) is 6.07 Å². The first-order valence-corrected chi connectivity index (χ1v) is 2.97. The zero-order valence-electron chi connectivity index (χ0n) is 5.44. The van der Waals surface area contributed by atoms with Crippen molar-refractivity contribution in [3.8, 4) is 6.07 Å². The van der Waals surface area contributed by atoms with E-state index in [1.807, 2.05) is 6.07 Å². The Kier molecular flexibility index (Phi) is 1.07. The molecule has 0 aliphatic heterocycles. The Morgan fingerprint density at radius 1 is 1.45 bits per heavy atom. The number of nitrogens with one attached hydrogen (secondary N) is 1. The van der Waals surface area contributed by atoms with Gasteiger partial charge in [-0.15, -0.1) is 5.10 Å². The van der Waals surface area contributed by atoms with Crippen LogP contribution in [0, 0.1) is 11.3 Å². The van der Waals surface area contributed by atoms with Crippen molar-refractivity contribution in [3.05, 3.63) is 17.8 Å². The molecule has 0 atom stereocenters. The van der Waals surface area contributed by atoms with Crippen molar-refractivity contribution < 1.29 is 0 Å². The number of hydrogen-bond acceptors (Lipinski definition) is 4. The van der Waals surface area contributed by atoms with Crippen LogP contribution in [0.3, 0.4) is 0 Å². The predicted molar refractivity (Wildman–Crippen MR) is 36.4 cm³/mol. The molecule has 0 amide bonds. The van der Waals surface area contributed by atoms with Gasteiger partial charge in [-0.1, -0.05) is 0 Å². The Hall–Kier alpha value is -1.96. The third-order valence-corrected chi connectivity index (χ3v) is 1.30. The van der Waals surface area contributed by atoms with E-state index in [0.717, 1.165) is 0 Å². The molecule has 2 heterocycles. The highest BCUT2D eigenvalue weighted by atomic mass is 15.3. The second-order valence-corrected chi connectivity index (χ2v) is 2.00. The summed E-state index contributed by atoms with van der Waals surface area (Å²) in [4.78, 5) is 3.88. The SMILES string of the molecule is N#Cc1cnc2n[nH]nc2c1. The predicted octanol–water partition coefficient (Wildman–Crippen LogP) is 0.225. The number of nitriles is 1. The maximum atomic E-state index is 8.49. The van der Waals surface area contributed by atoms with E-state index in [0.29, 0.717) is 16.7 Å². The minimum atomic E-state index is 0.492. The molecule has 0 fully saturated rings. The molecular weight excluding hydrogens is 142 g/mol. The molecule has 0 unspecified atom stereocenters. The molecule has 52 valence electrons. The van der Waals surface area contributed by atoms with Crippen molar-refractivity contribution in [2.45, 2.75) is 0 Å². The lowest BCUT2D eigenvalue weighted by atomic mass is 10.3. The van der Waals surface area contributed by atoms with Gasteiger partial charge in [0.05, 0.1) is 5.56 Å². The van der Waals surface area contributed by atoms with Gasteiger partial charge < -0.3 is 0 Å². The van der Waals surface area contributed by atoms with Crippen molar-refractivity contribution in [1.82, 2.24) is 20.4 Å². The van der Waals surface area contributed by atoms with E-state index in [-0.39, 0.29) is 0 Å². The molecule has 2 aromatic heterocycles. The smallest absolute Gasteiger partial charge is 0.201 e. The molecule has 5 heteroatoms. The van der Waals surface area contributed by atoms with Gasteiger partial charge in [-0.3, -0.25) is 0 Å². The number of H-pyrrole nitrogens is 1. The number of nitrogens with zero attached hydrogens (tertiary/aromatic N) is 4. The number of pyridine rings is 1. The van der Waals surface area contributed by atoms with Crippen LogP contribution < -0.4 is 0 Å². The highest BCUT2D eigenvalue weighted by Crippen LogP contribution is 2.04. The second kappa shape index (κ2) is 2.02. The van der Waals surface area contributed by atoms with Crippen LogP contribution in [0.15, 0.2) is 12.3 Å². The first kappa shape index (κ1) is 5.80. The van der Waals surface area contributed by atoms with Crippen molar-refractivity contribution in [1.29, 1.82) is 5.26 Å². The van der Waals surface area contributed by atoms with E-state index in [9.17, 15) is 0 Å². The van der Waals surface area contributed by atoms with Crippen LogP contribution in [0.5, 0.6) is 0 Å². The summed E-state index contributed by atoms with van der Waals surface area (Å²) in [6.07, 6.45) is 1.46. The van der Waals surface area contributed by atoms with Gasteiger partial charge in [0.1, 0.15) is 11.6 Å². The van der Waals surface area contributed by atoms with Gasteiger partial charge in [0, 0.05) is 6.20 Å². The average molecular weight is 145 g/mol. The molecule has 11 heavy (non-hydrogen) atoms. The summed E-state index contributed by atoms with van der Waals surface area (Å²) in [5, 5.41) is 18.4. The number of aromatic nitrogens is 4. The zero-order chi connectivity index (χ0) is 7.68. The van der Waals surface area contributed by atoms with Crippen LogP contribution in [-0.4, -0.2) is 20.4 Å². The Morgan fingerprint density at radius 2 is 2.36 bits per heavy atom.